The summed E-state index contributed by atoms with van der Waals surface area (Å²) in [6, 6.07) is 8.74. The topological polar surface area (TPSA) is 101 Å². The summed E-state index contributed by atoms with van der Waals surface area (Å²) in [5, 5.41) is 20.9. The first kappa shape index (κ1) is 22.6. The zero-order valence-electron chi connectivity index (χ0n) is 19.5. The molecule has 0 aliphatic heterocycles. The molecule has 33 heavy (non-hydrogen) atoms. The highest BCUT2D eigenvalue weighted by atomic mass is 16.5. The van der Waals surface area contributed by atoms with Crippen LogP contribution in [0.3, 0.4) is 0 Å². The number of carboxylic acid groups (broad SMARTS) is 1. The lowest BCUT2D eigenvalue weighted by atomic mass is 9.37. The Bertz CT molecular complexity index is 990. The maximum atomic E-state index is 13.1. The number of Topliss-reactive ketones (excluding diaryl/α,β-unsaturated/α-hetero) is 1. The number of carbonyl (C=O) groups excluding carboxylic acids is 2. The largest absolute Gasteiger partial charge is 0.481 e. The fourth-order valence-electron chi connectivity index (χ4n) is 8.70. The average molecular weight is 455 g/mol. The van der Waals surface area contributed by atoms with Crippen LogP contribution < -0.4 is 0 Å². The van der Waals surface area contributed by atoms with E-state index < -0.39 is 41.4 Å². The zero-order chi connectivity index (χ0) is 23.6. The van der Waals surface area contributed by atoms with Gasteiger partial charge >= 0.3 is 11.9 Å². The summed E-state index contributed by atoms with van der Waals surface area (Å²) < 4.78 is 6.11. The average Bonchev–Trinajstić information content (AvgIpc) is 3.13. The SMILES string of the molecule is C[C@@]12CC[C@@]3(C1)[C@@H](CC2=O)C[C@H](OC(=O)c1ccccc1)[C@@H]1[C@@](CO)(C(=O)O)CCC[C@]13C. The smallest absolute Gasteiger partial charge is 0.338 e. The highest BCUT2D eigenvalue weighted by Gasteiger charge is 2.74. The van der Waals surface area contributed by atoms with Crippen LogP contribution in [0.5, 0.6) is 0 Å². The van der Waals surface area contributed by atoms with E-state index >= 15 is 0 Å². The number of rotatable bonds is 4. The third-order valence-electron chi connectivity index (χ3n) is 10.3. The minimum absolute atomic E-state index is 0.0682. The Labute approximate surface area is 194 Å². The molecule has 1 aromatic rings. The van der Waals surface area contributed by atoms with E-state index in [1.165, 1.54) is 0 Å². The lowest BCUT2D eigenvalue weighted by Crippen LogP contribution is -2.67. The van der Waals surface area contributed by atoms with Crippen molar-refractivity contribution in [3.63, 3.8) is 0 Å². The van der Waals surface area contributed by atoms with Gasteiger partial charge in [-0.25, -0.2) is 4.79 Å². The standard InChI is InChI=1S/C27H34O6/c1-24-11-12-27(15-24)18(14-20(24)29)13-19(33-22(30)17-7-4-3-5-8-17)21-25(27,2)9-6-10-26(21,16-28)23(31)32/h3-5,7-8,18-19,21,28H,6,9-16H2,1-2H3,(H,31,32)/t18-,19+,21+,24-,25-,26-,27-/m1/s1. The van der Waals surface area contributed by atoms with Crippen molar-refractivity contribution in [3.8, 4) is 0 Å². The molecule has 0 radical (unpaired) electrons. The van der Waals surface area contributed by atoms with Crippen molar-refractivity contribution in [2.75, 3.05) is 6.61 Å². The third kappa shape index (κ3) is 2.92. The second-order valence-electron chi connectivity index (χ2n) is 11.6. The molecule has 5 rings (SSSR count). The molecule has 4 aliphatic carbocycles. The Morgan fingerprint density at radius 3 is 2.48 bits per heavy atom. The van der Waals surface area contributed by atoms with Crippen molar-refractivity contribution in [1.82, 2.24) is 0 Å². The van der Waals surface area contributed by atoms with E-state index in [9.17, 15) is 24.6 Å². The summed E-state index contributed by atoms with van der Waals surface area (Å²) >= 11 is 0. The van der Waals surface area contributed by atoms with Crippen molar-refractivity contribution in [2.45, 2.75) is 71.3 Å². The van der Waals surface area contributed by atoms with E-state index in [-0.39, 0.29) is 16.7 Å². The molecule has 7 atom stereocenters. The number of ketones is 1. The predicted octanol–water partition coefficient (Wildman–Crippen LogP) is 4.25. The number of aliphatic hydroxyl groups is 1. The van der Waals surface area contributed by atoms with Gasteiger partial charge in [-0.3, -0.25) is 9.59 Å². The summed E-state index contributed by atoms with van der Waals surface area (Å²) in [5.74, 6) is -1.62. The quantitative estimate of drug-likeness (QED) is 0.660. The van der Waals surface area contributed by atoms with Crippen molar-refractivity contribution in [3.05, 3.63) is 35.9 Å². The number of hydrogen-bond acceptors (Lipinski definition) is 5. The van der Waals surface area contributed by atoms with Gasteiger partial charge in [-0.05, 0) is 67.4 Å². The molecule has 0 amide bonds. The lowest BCUT2D eigenvalue weighted by molar-refractivity contribution is -0.233. The van der Waals surface area contributed by atoms with Gasteiger partial charge in [0.1, 0.15) is 11.9 Å². The highest BCUT2D eigenvalue weighted by molar-refractivity contribution is 5.89. The van der Waals surface area contributed by atoms with Gasteiger partial charge in [0.05, 0.1) is 17.6 Å². The van der Waals surface area contributed by atoms with Gasteiger partial charge in [0.25, 0.3) is 0 Å². The summed E-state index contributed by atoms with van der Waals surface area (Å²) in [5.41, 5.74) is -1.87. The van der Waals surface area contributed by atoms with Gasteiger partial charge in [0.2, 0.25) is 0 Å². The fraction of sp³-hybridized carbons (Fsp3) is 0.667. The lowest BCUT2D eigenvalue weighted by Gasteiger charge is -2.67. The molecule has 1 spiro atoms. The van der Waals surface area contributed by atoms with Crippen LogP contribution in [0.1, 0.15) is 75.6 Å². The zero-order valence-corrected chi connectivity index (χ0v) is 19.5. The number of hydrogen-bond donors (Lipinski definition) is 2. The minimum atomic E-state index is -1.35. The number of aliphatic hydroxyl groups excluding tert-OH is 1. The molecule has 6 heteroatoms. The second-order valence-corrected chi connectivity index (χ2v) is 11.6. The van der Waals surface area contributed by atoms with E-state index in [4.69, 9.17) is 4.74 Å². The first-order valence-electron chi connectivity index (χ1n) is 12.3. The van der Waals surface area contributed by atoms with Crippen LogP contribution in [0.4, 0.5) is 0 Å². The Morgan fingerprint density at radius 2 is 1.82 bits per heavy atom. The van der Waals surface area contributed by atoms with Crippen LogP contribution in [-0.2, 0) is 14.3 Å². The van der Waals surface area contributed by atoms with Crippen LogP contribution in [0.15, 0.2) is 30.3 Å². The number of ether oxygens (including phenoxy) is 1. The monoisotopic (exact) mass is 454 g/mol. The van der Waals surface area contributed by atoms with Gasteiger partial charge in [0.15, 0.2) is 0 Å². The van der Waals surface area contributed by atoms with Crippen LogP contribution in [0.2, 0.25) is 0 Å². The molecule has 4 fully saturated rings. The fourth-order valence-corrected chi connectivity index (χ4v) is 8.70. The van der Waals surface area contributed by atoms with Gasteiger partial charge in [-0.2, -0.15) is 0 Å². The number of aliphatic carboxylic acids is 1. The molecule has 6 nitrogen and oxygen atoms in total. The molecule has 4 aliphatic rings. The van der Waals surface area contributed by atoms with Crippen LogP contribution in [-0.4, -0.2) is 40.6 Å². The van der Waals surface area contributed by atoms with Crippen LogP contribution in [0.25, 0.3) is 0 Å². The number of carboxylic acids is 1. The summed E-state index contributed by atoms with van der Waals surface area (Å²) in [4.78, 5) is 38.9. The molecular formula is C27H34O6. The maximum Gasteiger partial charge on any atom is 0.338 e. The number of carbonyl (C=O) groups is 3. The number of esters is 1. The van der Waals surface area contributed by atoms with Crippen molar-refractivity contribution >= 4 is 17.7 Å². The Morgan fingerprint density at radius 1 is 1.09 bits per heavy atom. The van der Waals surface area contributed by atoms with Crippen LogP contribution >= 0.6 is 0 Å². The normalized spacial score (nSPS) is 44.0. The highest BCUT2D eigenvalue weighted by Crippen LogP contribution is 2.75. The molecule has 2 bridgehead atoms. The number of fused-ring (bicyclic) bond motifs is 2. The van der Waals surface area contributed by atoms with Crippen molar-refractivity contribution < 1.29 is 29.3 Å². The second kappa shape index (κ2) is 7.39. The van der Waals surface area contributed by atoms with E-state index in [1.54, 1.807) is 24.3 Å². The molecule has 4 saturated carbocycles. The van der Waals surface area contributed by atoms with Crippen molar-refractivity contribution in [1.29, 1.82) is 0 Å². The summed E-state index contributed by atoms with van der Waals surface area (Å²) in [6.07, 6.45) is 4.70. The molecule has 0 unspecified atom stereocenters. The van der Waals surface area contributed by atoms with Gasteiger partial charge in [-0.1, -0.05) is 38.5 Å². The van der Waals surface area contributed by atoms with Gasteiger partial charge in [0, 0.05) is 17.8 Å². The maximum absolute atomic E-state index is 13.1. The predicted molar refractivity (Wildman–Crippen MR) is 120 cm³/mol. The Hall–Kier alpha value is -2.21. The Kier molecular flexibility index (Phi) is 5.06. The van der Waals surface area contributed by atoms with Gasteiger partial charge < -0.3 is 14.9 Å². The first-order chi connectivity index (χ1) is 15.6. The molecule has 1 aromatic carbocycles. The molecule has 0 heterocycles. The molecule has 2 N–H and O–H groups in total. The Balaban J connectivity index is 1.62. The van der Waals surface area contributed by atoms with Crippen LogP contribution in [0, 0.1) is 33.5 Å². The van der Waals surface area contributed by atoms with Gasteiger partial charge in [-0.15, -0.1) is 0 Å². The van der Waals surface area contributed by atoms with Crippen molar-refractivity contribution in [2.24, 2.45) is 33.5 Å². The molecular weight excluding hydrogens is 420 g/mol. The van der Waals surface area contributed by atoms with E-state index in [1.807, 2.05) is 6.07 Å². The summed E-state index contributed by atoms with van der Waals surface area (Å²) in [7, 11) is 0. The molecule has 0 aromatic heterocycles. The minimum Gasteiger partial charge on any atom is -0.481 e. The van der Waals surface area contributed by atoms with E-state index in [0.717, 1.165) is 25.7 Å². The first-order valence-corrected chi connectivity index (χ1v) is 12.3. The third-order valence-corrected chi connectivity index (χ3v) is 10.3. The number of benzene rings is 1. The molecule has 0 saturated heterocycles. The summed E-state index contributed by atoms with van der Waals surface area (Å²) in [6.45, 7) is 3.76. The van der Waals surface area contributed by atoms with E-state index in [0.29, 0.717) is 37.0 Å². The van der Waals surface area contributed by atoms with E-state index in [2.05, 4.69) is 13.8 Å². The molecule has 178 valence electrons.